The highest BCUT2D eigenvalue weighted by atomic mass is 16.5. The number of hydrogen-bond donors (Lipinski definition) is 0. The van der Waals surface area contributed by atoms with Gasteiger partial charge in [-0.05, 0) is 37.3 Å². The Balaban J connectivity index is 2.15. The predicted molar refractivity (Wildman–Crippen MR) is 102 cm³/mol. The Hall–Kier alpha value is -3.59. The second-order valence-electron chi connectivity index (χ2n) is 5.78. The molecule has 0 N–H and O–H groups in total. The first kappa shape index (κ1) is 18.2. The number of methoxy groups -OCH3 is 1. The monoisotopic (exact) mass is 361 g/mol. The van der Waals surface area contributed by atoms with E-state index in [9.17, 15) is 10.1 Å². The zero-order valence-corrected chi connectivity index (χ0v) is 15.2. The molecule has 0 bridgehead atoms. The van der Waals surface area contributed by atoms with Gasteiger partial charge in [0.25, 0.3) is 0 Å². The quantitative estimate of drug-likeness (QED) is 0.381. The van der Waals surface area contributed by atoms with Gasteiger partial charge in [-0.25, -0.2) is 4.79 Å². The van der Waals surface area contributed by atoms with Crippen LogP contribution in [-0.4, -0.2) is 29.2 Å². The molecule has 136 valence electrons. The van der Waals surface area contributed by atoms with Gasteiger partial charge in [0.15, 0.2) is 0 Å². The van der Waals surface area contributed by atoms with E-state index in [1.165, 1.54) is 6.08 Å². The first-order valence-corrected chi connectivity index (χ1v) is 8.52. The maximum Gasteiger partial charge on any atom is 0.348 e. The summed E-state index contributed by atoms with van der Waals surface area (Å²) in [6.07, 6.45) is 5.17. The van der Waals surface area contributed by atoms with Crippen molar-refractivity contribution in [1.29, 1.82) is 5.26 Å². The van der Waals surface area contributed by atoms with Gasteiger partial charge in [0, 0.05) is 23.3 Å². The van der Waals surface area contributed by atoms with Crippen LogP contribution in [0, 0.1) is 11.3 Å². The van der Waals surface area contributed by atoms with Gasteiger partial charge in [0.2, 0.25) is 0 Å². The van der Waals surface area contributed by atoms with Crippen molar-refractivity contribution in [3.63, 3.8) is 0 Å². The number of nitriles is 1. The Morgan fingerprint density at radius 3 is 2.81 bits per heavy atom. The number of hydrogen-bond acceptors (Lipinski definition) is 5. The van der Waals surface area contributed by atoms with Crippen LogP contribution in [0.1, 0.15) is 18.2 Å². The van der Waals surface area contributed by atoms with Crippen LogP contribution in [0.2, 0.25) is 0 Å². The van der Waals surface area contributed by atoms with Gasteiger partial charge in [-0.1, -0.05) is 12.1 Å². The normalized spacial score (nSPS) is 11.2. The van der Waals surface area contributed by atoms with Crippen LogP contribution in [0.4, 0.5) is 0 Å². The number of nitrogens with zero attached hydrogens (tertiary/aromatic N) is 3. The number of aromatic nitrogens is 2. The zero-order valence-electron chi connectivity index (χ0n) is 15.2. The van der Waals surface area contributed by atoms with E-state index in [4.69, 9.17) is 9.47 Å². The molecule has 0 amide bonds. The summed E-state index contributed by atoms with van der Waals surface area (Å²) in [5.74, 6) is 0.0280. The van der Waals surface area contributed by atoms with Gasteiger partial charge in [0.05, 0.1) is 31.5 Å². The Morgan fingerprint density at radius 1 is 1.30 bits per heavy atom. The van der Waals surface area contributed by atoms with Gasteiger partial charge in [-0.2, -0.15) is 5.26 Å². The van der Waals surface area contributed by atoms with Crippen molar-refractivity contribution in [2.24, 2.45) is 0 Å². The third-order valence-electron chi connectivity index (χ3n) is 4.09. The number of esters is 1. The molecule has 0 spiro atoms. The van der Waals surface area contributed by atoms with E-state index in [1.54, 1.807) is 20.2 Å². The van der Waals surface area contributed by atoms with E-state index in [0.717, 1.165) is 16.6 Å². The summed E-state index contributed by atoms with van der Waals surface area (Å²) < 4.78 is 12.5. The smallest absolute Gasteiger partial charge is 0.348 e. The van der Waals surface area contributed by atoms with Crippen LogP contribution in [0.25, 0.3) is 17.0 Å². The molecule has 0 aliphatic carbocycles. The molecule has 6 heteroatoms. The third kappa shape index (κ3) is 3.82. The first-order valence-electron chi connectivity index (χ1n) is 8.52. The molecule has 0 fully saturated rings. The second-order valence-corrected chi connectivity index (χ2v) is 5.78. The predicted octanol–water partition coefficient (Wildman–Crippen LogP) is 3.56. The minimum Gasteiger partial charge on any atom is -0.496 e. The molecule has 1 aromatic carbocycles. The molecule has 2 heterocycles. The highest BCUT2D eigenvalue weighted by Crippen LogP contribution is 2.32. The standard InChI is InChI=1S/C21H19N3O3/c1-3-27-21(25)15(12-22)11-16-13-24(14-17-7-4-5-10-23-17)18-8-6-9-19(26-2)20(16)18/h4-11,13H,3,14H2,1-2H3/b15-11+. The summed E-state index contributed by atoms with van der Waals surface area (Å²) in [7, 11) is 1.59. The molecule has 0 radical (unpaired) electrons. The van der Waals surface area contributed by atoms with Gasteiger partial charge < -0.3 is 14.0 Å². The fourth-order valence-corrected chi connectivity index (χ4v) is 2.93. The minimum atomic E-state index is -0.638. The summed E-state index contributed by atoms with van der Waals surface area (Å²) in [4.78, 5) is 16.4. The molecule has 3 rings (SSSR count). The molecule has 2 aromatic heterocycles. The maximum atomic E-state index is 12.0. The van der Waals surface area contributed by atoms with E-state index < -0.39 is 5.97 Å². The van der Waals surface area contributed by atoms with E-state index in [0.29, 0.717) is 17.9 Å². The second kappa shape index (κ2) is 8.19. The zero-order chi connectivity index (χ0) is 19.2. The van der Waals surface area contributed by atoms with Crippen LogP contribution in [-0.2, 0) is 16.1 Å². The fraction of sp³-hybridized carbons (Fsp3) is 0.190. The molecule has 0 saturated carbocycles. The van der Waals surface area contributed by atoms with Gasteiger partial charge in [0.1, 0.15) is 17.4 Å². The molecule has 0 aliphatic heterocycles. The van der Waals surface area contributed by atoms with Crippen molar-refractivity contribution < 1.29 is 14.3 Å². The molecule has 0 atom stereocenters. The topological polar surface area (TPSA) is 77.1 Å². The number of benzene rings is 1. The van der Waals surface area contributed by atoms with Crippen molar-refractivity contribution >= 4 is 22.9 Å². The van der Waals surface area contributed by atoms with E-state index in [2.05, 4.69) is 4.98 Å². The Bertz CT molecular complexity index is 1030. The van der Waals surface area contributed by atoms with Crippen LogP contribution < -0.4 is 4.74 Å². The van der Waals surface area contributed by atoms with Crippen molar-refractivity contribution in [2.75, 3.05) is 13.7 Å². The average Bonchev–Trinajstić information content (AvgIpc) is 3.04. The van der Waals surface area contributed by atoms with Crippen molar-refractivity contribution in [3.05, 3.63) is 65.6 Å². The van der Waals surface area contributed by atoms with Crippen molar-refractivity contribution in [3.8, 4) is 11.8 Å². The average molecular weight is 361 g/mol. The number of carbonyl (C=O) groups excluding carboxylic acids is 1. The number of pyridine rings is 1. The Labute approximate surface area is 157 Å². The fourth-order valence-electron chi connectivity index (χ4n) is 2.93. The summed E-state index contributed by atoms with van der Waals surface area (Å²) in [5.41, 5.74) is 2.48. The SMILES string of the molecule is CCOC(=O)/C(C#N)=C/c1cn(Cc2ccccn2)c2cccc(OC)c12. The molecule has 27 heavy (non-hydrogen) atoms. The van der Waals surface area contributed by atoms with E-state index in [-0.39, 0.29) is 12.2 Å². The van der Waals surface area contributed by atoms with Crippen LogP contribution in [0.3, 0.4) is 0 Å². The third-order valence-corrected chi connectivity index (χ3v) is 4.09. The lowest BCUT2D eigenvalue weighted by atomic mass is 10.1. The van der Waals surface area contributed by atoms with Crippen LogP contribution in [0.5, 0.6) is 5.75 Å². The number of rotatable bonds is 6. The summed E-state index contributed by atoms with van der Waals surface area (Å²) in [6, 6.07) is 13.4. The van der Waals surface area contributed by atoms with Gasteiger partial charge in [-0.15, -0.1) is 0 Å². The minimum absolute atomic E-state index is 0.0559. The van der Waals surface area contributed by atoms with E-state index in [1.807, 2.05) is 53.2 Å². The molecular weight excluding hydrogens is 342 g/mol. The van der Waals surface area contributed by atoms with Crippen molar-refractivity contribution in [2.45, 2.75) is 13.5 Å². The van der Waals surface area contributed by atoms with Crippen LogP contribution >= 0.6 is 0 Å². The maximum absolute atomic E-state index is 12.0. The molecule has 6 nitrogen and oxygen atoms in total. The Kier molecular flexibility index (Phi) is 5.53. The summed E-state index contributed by atoms with van der Waals surface area (Å²) in [5, 5.41) is 10.2. The first-order chi connectivity index (χ1) is 13.2. The van der Waals surface area contributed by atoms with Gasteiger partial charge in [-0.3, -0.25) is 4.98 Å². The van der Waals surface area contributed by atoms with Gasteiger partial charge >= 0.3 is 5.97 Å². The lowest BCUT2D eigenvalue weighted by molar-refractivity contribution is -0.137. The summed E-state index contributed by atoms with van der Waals surface area (Å²) >= 11 is 0. The van der Waals surface area contributed by atoms with E-state index >= 15 is 0 Å². The highest BCUT2D eigenvalue weighted by Gasteiger charge is 2.16. The van der Waals surface area contributed by atoms with Crippen LogP contribution in [0.15, 0.2) is 54.4 Å². The molecule has 3 aromatic rings. The molecule has 0 unspecified atom stereocenters. The largest absolute Gasteiger partial charge is 0.496 e. The highest BCUT2D eigenvalue weighted by molar-refractivity contribution is 6.02. The number of fused-ring (bicyclic) bond motifs is 1. The number of ether oxygens (including phenoxy) is 2. The number of carbonyl (C=O) groups is 1. The lowest BCUT2D eigenvalue weighted by Gasteiger charge is -2.06. The molecule has 0 aliphatic rings. The molecule has 0 saturated heterocycles. The summed E-state index contributed by atoms with van der Waals surface area (Å²) in [6.45, 7) is 2.47. The Morgan fingerprint density at radius 2 is 2.15 bits per heavy atom. The van der Waals surface area contributed by atoms with Crippen molar-refractivity contribution in [1.82, 2.24) is 9.55 Å². The lowest BCUT2D eigenvalue weighted by Crippen LogP contribution is -2.06. The molecular formula is C21H19N3O3.